The number of thioether (sulfide) groups is 1. The highest BCUT2D eigenvalue weighted by molar-refractivity contribution is 7.99. The van der Waals surface area contributed by atoms with E-state index in [1.807, 2.05) is 18.2 Å². The predicted molar refractivity (Wildman–Crippen MR) is 76.9 cm³/mol. The standard InChI is InChI=1S/C14H16N2O2S/c1-2-8-15-13(17)12-9-19-10-16(12)14(18)11-6-4-3-5-7-11/h2-7,12H,1,8-10H2,(H,15,17). The molecule has 1 heterocycles. The highest BCUT2D eigenvalue weighted by atomic mass is 32.2. The number of benzene rings is 1. The van der Waals surface area contributed by atoms with Crippen LogP contribution in [0.25, 0.3) is 0 Å². The monoisotopic (exact) mass is 276 g/mol. The minimum atomic E-state index is -0.391. The Kier molecular flexibility index (Phi) is 4.63. The van der Waals surface area contributed by atoms with Crippen LogP contribution in [0.3, 0.4) is 0 Å². The molecule has 1 atom stereocenters. The molecular formula is C14H16N2O2S. The second-order valence-electron chi connectivity index (χ2n) is 4.19. The van der Waals surface area contributed by atoms with Gasteiger partial charge in [0.1, 0.15) is 6.04 Å². The maximum Gasteiger partial charge on any atom is 0.255 e. The van der Waals surface area contributed by atoms with Gasteiger partial charge in [0.25, 0.3) is 5.91 Å². The summed E-state index contributed by atoms with van der Waals surface area (Å²) < 4.78 is 0. The Morgan fingerprint density at radius 1 is 1.42 bits per heavy atom. The summed E-state index contributed by atoms with van der Waals surface area (Å²) in [5, 5.41) is 2.75. The fourth-order valence-electron chi connectivity index (χ4n) is 1.90. The van der Waals surface area contributed by atoms with Crippen molar-refractivity contribution in [1.29, 1.82) is 0 Å². The molecule has 1 unspecified atom stereocenters. The van der Waals surface area contributed by atoms with Gasteiger partial charge in [-0.15, -0.1) is 18.3 Å². The van der Waals surface area contributed by atoms with E-state index in [4.69, 9.17) is 0 Å². The summed E-state index contributed by atoms with van der Waals surface area (Å²) in [6.45, 7) is 3.98. The van der Waals surface area contributed by atoms with Crippen molar-refractivity contribution in [2.75, 3.05) is 18.2 Å². The molecule has 0 aliphatic carbocycles. The average molecular weight is 276 g/mol. The van der Waals surface area contributed by atoms with Gasteiger partial charge in [0.05, 0.1) is 5.88 Å². The van der Waals surface area contributed by atoms with E-state index in [0.717, 1.165) is 0 Å². The Morgan fingerprint density at radius 3 is 2.84 bits per heavy atom. The SMILES string of the molecule is C=CCNC(=O)C1CSCN1C(=O)c1ccccc1. The number of hydrogen-bond donors (Lipinski definition) is 1. The van der Waals surface area contributed by atoms with Crippen LogP contribution in [-0.2, 0) is 4.79 Å². The molecule has 1 aromatic carbocycles. The summed E-state index contributed by atoms with van der Waals surface area (Å²) in [6, 6.07) is 8.65. The van der Waals surface area contributed by atoms with Crippen LogP contribution in [0.4, 0.5) is 0 Å². The highest BCUT2D eigenvalue weighted by Crippen LogP contribution is 2.23. The van der Waals surface area contributed by atoms with Crippen molar-refractivity contribution in [2.24, 2.45) is 0 Å². The van der Waals surface area contributed by atoms with Crippen molar-refractivity contribution in [3.63, 3.8) is 0 Å². The summed E-state index contributed by atoms with van der Waals surface area (Å²) in [7, 11) is 0. The molecule has 1 aliphatic rings. The smallest absolute Gasteiger partial charge is 0.255 e. The van der Waals surface area contributed by atoms with Crippen molar-refractivity contribution in [2.45, 2.75) is 6.04 Å². The van der Waals surface area contributed by atoms with Gasteiger partial charge >= 0.3 is 0 Å². The predicted octanol–water partition coefficient (Wildman–Crippen LogP) is 1.50. The lowest BCUT2D eigenvalue weighted by Gasteiger charge is -2.22. The molecule has 1 fully saturated rings. The molecule has 1 aromatic rings. The molecule has 2 rings (SSSR count). The fraction of sp³-hybridized carbons (Fsp3) is 0.286. The molecule has 0 spiro atoms. The lowest BCUT2D eigenvalue weighted by Crippen LogP contribution is -2.47. The van der Waals surface area contributed by atoms with Crippen molar-refractivity contribution in [3.05, 3.63) is 48.6 Å². The van der Waals surface area contributed by atoms with Crippen LogP contribution in [-0.4, -0.2) is 40.9 Å². The number of amides is 2. The molecule has 1 saturated heterocycles. The topological polar surface area (TPSA) is 49.4 Å². The molecule has 5 heteroatoms. The van der Waals surface area contributed by atoms with E-state index >= 15 is 0 Å². The summed E-state index contributed by atoms with van der Waals surface area (Å²) in [5.41, 5.74) is 0.617. The van der Waals surface area contributed by atoms with E-state index in [-0.39, 0.29) is 11.8 Å². The van der Waals surface area contributed by atoms with Crippen molar-refractivity contribution in [3.8, 4) is 0 Å². The molecule has 0 saturated carbocycles. The molecule has 0 bridgehead atoms. The minimum Gasteiger partial charge on any atom is -0.351 e. The molecule has 1 N–H and O–H groups in total. The van der Waals surface area contributed by atoms with Crippen LogP contribution in [0.2, 0.25) is 0 Å². The lowest BCUT2D eigenvalue weighted by molar-refractivity contribution is -0.124. The van der Waals surface area contributed by atoms with Crippen LogP contribution in [0.15, 0.2) is 43.0 Å². The summed E-state index contributed by atoms with van der Waals surface area (Å²) in [4.78, 5) is 26.0. The first-order valence-electron chi connectivity index (χ1n) is 6.06. The molecule has 0 aromatic heterocycles. The Labute approximate surface area is 116 Å². The largest absolute Gasteiger partial charge is 0.351 e. The van der Waals surface area contributed by atoms with E-state index in [1.54, 1.807) is 34.9 Å². The van der Waals surface area contributed by atoms with Gasteiger partial charge in [-0.25, -0.2) is 0 Å². The maximum atomic E-state index is 12.3. The van der Waals surface area contributed by atoms with Crippen molar-refractivity contribution >= 4 is 23.6 Å². The molecule has 2 amide bonds. The van der Waals surface area contributed by atoms with E-state index in [0.29, 0.717) is 23.7 Å². The molecule has 1 aliphatic heterocycles. The zero-order valence-corrected chi connectivity index (χ0v) is 11.4. The number of hydrogen-bond acceptors (Lipinski definition) is 3. The van der Waals surface area contributed by atoms with Gasteiger partial charge in [-0.3, -0.25) is 9.59 Å². The zero-order chi connectivity index (χ0) is 13.7. The Balaban J connectivity index is 2.08. The van der Waals surface area contributed by atoms with Gasteiger partial charge in [-0.1, -0.05) is 24.3 Å². The Hall–Kier alpha value is -1.75. The van der Waals surface area contributed by atoms with Gasteiger partial charge in [-0.05, 0) is 12.1 Å². The quantitative estimate of drug-likeness (QED) is 0.848. The first-order chi connectivity index (χ1) is 9.24. The fourth-order valence-corrected chi connectivity index (χ4v) is 3.05. The minimum absolute atomic E-state index is 0.0932. The van der Waals surface area contributed by atoms with Crippen LogP contribution in [0, 0.1) is 0 Å². The number of nitrogens with zero attached hydrogens (tertiary/aromatic N) is 1. The van der Waals surface area contributed by atoms with E-state index in [1.165, 1.54) is 0 Å². The van der Waals surface area contributed by atoms with Crippen molar-refractivity contribution < 1.29 is 9.59 Å². The number of carbonyl (C=O) groups is 2. The van der Waals surface area contributed by atoms with Crippen LogP contribution >= 0.6 is 11.8 Å². The third-order valence-electron chi connectivity index (χ3n) is 2.89. The first-order valence-corrected chi connectivity index (χ1v) is 7.22. The molecule has 4 nitrogen and oxygen atoms in total. The first kappa shape index (κ1) is 13.7. The van der Waals surface area contributed by atoms with Crippen molar-refractivity contribution in [1.82, 2.24) is 10.2 Å². The Bertz CT molecular complexity index is 476. The van der Waals surface area contributed by atoms with Crippen LogP contribution < -0.4 is 5.32 Å². The number of nitrogens with one attached hydrogen (secondary N) is 1. The zero-order valence-electron chi connectivity index (χ0n) is 10.5. The van der Waals surface area contributed by atoms with Gasteiger partial charge in [0, 0.05) is 17.9 Å². The second kappa shape index (κ2) is 6.43. The van der Waals surface area contributed by atoms with E-state index in [9.17, 15) is 9.59 Å². The van der Waals surface area contributed by atoms with E-state index < -0.39 is 6.04 Å². The second-order valence-corrected chi connectivity index (χ2v) is 5.19. The van der Waals surface area contributed by atoms with Crippen LogP contribution in [0.5, 0.6) is 0 Å². The Morgan fingerprint density at radius 2 is 2.16 bits per heavy atom. The summed E-state index contributed by atoms with van der Waals surface area (Å²) in [5.74, 6) is 0.986. The van der Waals surface area contributed by atoms with Gasteiger partial charge in [-0.2, -0.15) is 0 Å². The molecular weight excluding hydrogens is 260 g/mol. The number of carbonyl (C=O) groups excluding carboxylic acids is 2. The number of rotatable bonds is 4. The lowest BCUT2D eigenvalue weighted by atomic mass is 10.1. The summed E-state index contributed by atoms with van der Waals surface area (Å²) >= 11 is 1.59. The molecule has 19 heavy (non-hydrogen) atoms. The molecule has 100 valence electrons. The van der Waals surface area contributed by atoms with Gasteiger partial charge in [0.15, 0.2) is 0 Å². The third-order valence-corrected chi connectivity index (χ3v) is 3.90. The van der Waals surface area contributed by atoms with Gasteiger partial charge < -0.3 is 10.2 Å². The summed E-state index contributed by atoms with van der Waals surface area (Å²) in [6.07, 6.45) is 1.63. The molecule has 0 radical (unpaired) electrons. The van der Waals surface area contributed by atoms with Gasteiger partial charge in [0.2, 0.25) is 5.91 Å². The average Bonchev–Trinajstić information content (AvgIpc) is 2.94. The third kappa shape index (κ3) is 3.17. The normalized spacial score (nSPS) is 18.1. The van der Waals surface area contributed by atoms with E-state index in [2.05, 4.69) is 11.9 Å². The van der Waals surface area contributed by atoms with Crippen LogP contribution in [0.1, 0.15) is 10.4 Å². The highest BCUT2D eigenvalue weighted by Gasteiger charge is 2.34. The maximum absolute atomic E-state index is 12.3.